The fraction of sp³-hybridized carbons (Fsp3) is 0.348. The molecule has 2 aromatic rings. The zero-order chi connectivity index (χ0) is 23.2. The van der Waals surface area contributed by atoms with Crippen molar-refractivity contribution in [3.05, 3.63) is 69.3 Å². The van der Waals surface area contributed by atoms with Crippen molar-refractivity contribution >= 4 is 23.4 Å². The lowest BCUT2D eigenvalue weighted by Gasteiger charge is -2.28. The molecule has 0 spiro atoms. The second-order valence-electron chi connectivity index (χ2n) is 7.63. The molecule has 0 unspecified atom stereocenters. The number of carbonyl (C=O) groups is 1. The summed E-state index contributed by atoms with van der Waals surface area (Å²) in [7, 11) is 1.47. The maximum atomic E-state index is 14.7. The first-order valence-corrected chi connectivity index (χ1v) is 10.7. The first-order chi connectivity index (χ1) is 14.6. The maximum Gasteiger partial charge on any atom is 0.275 e. The number of halogens is 1. The fourth-order valence-corrected chi connectivity index (χ4v) is 3.55. The summed E-state index contributed by atoms with van der Waals surface area (Å²) in [6.45, 7) is 9.86. The highest BCUT2D eigenvalue weighted by Gasteiger charge is 2.27. The molecule has 1 aromatic heterocycles. The van der Waals surface area contributed by atoms with Crippen LogP contribution in [0, 0.1) is 5.82 Å². The number of rotatable bonds is 8. The number of benzene rings is 1. The van der Waals surface area contributed by atoms with Crippen molar-refractivity contribution in [2.24, 2.45) is 5.73 Å². The molecule has 0 atom stereocenters. The van der Waals surface area contributed by atoms with Crippen LogP contribution in [-0.4, -0.2) is 23.0 Å². The minimum atomic E-state index is -0.613. The van der Waals surface area contributed by atoms with Gasteiger partial charge >= 0.3 is 0 Å². The van der Waals surface area contributed by atoms with E-state index in [-0.39, 0.29) is 11.5 Å². The first kappa shape index (κ1) is 24.4. The summed E-state index contributed by atoms with van der Waals surface area (Å²) in [6, 6.07) is 4.51. The molecule has 1 aromatic carbocycles. The zero-order valence-electron chi connectivity index (χ0n) is 18.7. The van der Waals surface area contributed by atoms with Crippen molar-refractivity contribution in [1.82, 2.24) is 9.97 Å². The Kier molecular flexibility index (Phi) is 8.21. The quantitative estimate of drug-likeness (QED) is 0.567. The van der Waals surface area contributed by atoms with Crippen LogP contribution in [-0.2, 0) is 5.41 Å². The molecular weight excluding hydrogens is 415 g/mol. The van der Waals surface area contributed by atoms with E-state index in [0.29, 0.717) is 17.1 Å². The molecule has 0 fully saturated rings. The van der Waals surface area contributed by atoms with Gasteiger partial charge in [-0.1, -0.05) is 38.1 Å². The average Bonchev–Trinajstić information content (AvgIpc) is 2.77. The number of nitrogens with two attached hydrogens (primary N) is 1. The number of hydrogen-bond donors (Lipinski definition) is 2. The van der Waals surface area contributed by atoms with Crippen molar-refractivity contribution in [2.75, 3.05) is 12.4 Å². The van der Waals surface area contributed by atoms with Crippen molar-refractivity contribution in [3.8, 4) is 5.88 Å². The molecule has 0 saturated carbocycles. The molecule has 3 N–H and O–H groups in total. The van der Waals surface area contributed by atoms with Crippen LogP contribution < -0.4 is 15.8 Å². The number of carbonyl (C=O) groups excluding carboxylic acids is 1. The molecule has 8 heteroatoms. The van der Waals surface area contributed by atoms with E-state index in [9.17, 15) is 9.18 Å². The number of amides is 1. The van der Waals surface area contributed by atoms with Gasteiger partial charge in [-0.2, -0.15) is 0 Å². The van der Waals surface area contributed by atoms with Crippen LogP contribution in [0.25, 0.3) is 0 Å². The minimum Gasteiger partial charge on any atom is -0.480 e. The maximum absolute atomic E-state index is 14.7. The van der Waals surface area contributed by atoms with Crippen LogP contribution in [0.4, 0.5) is 10.1 Å². The van der Waals surface area contributed by atoms with E-state index in [0.717, 1.165) is 22.6 Å². The number of ether oxygens (including phenoxy) is 1. The number of allylic oxidation sites excluding steroid dienone is 2. The van der Waals surface area contributed by atoms with Crippen LogP contribution in [0.2, 0.25) is 0 Å². The molecule has 0 aliphatic carbocycles. The number of hydrogen-bond acceptors (Lipinski definition) is 6. The highest BCUT2D eigenvalue weighted by atomic mass is 32.2. The molecule has 0 bridgehead atoms. The van der Waals surface area contributed by atoms with Gasteiger partial charge in [0.15, 0.2) is 0 Å². The first-order valence-electron chi connectivity index (χ1n) is 9.86. The Balaban J connectivity index is 2.26. The topological polar surface area (TPSA) is 90.1 Å². The fourth-order valence-electron chi connectivity index (χ4n) is 2.60. The number of aromatic nitrogens is 2. The van der Waals surface area contributed by atoms with Crippen LogP contribution >= 0.6 is 11.8 Å². The van der Waals surface area contributed by atoms with Gasteiger partial charge in [-0.05, 0) is 55.0 Å². The second kappa shape index (κ2) is 10.4. The predicted molar refractivity (Wildman–Crippen MR) is 124 cm³/mol. The average molecular weight is 445 g/mol. The highest BCUT2D eigenvalue weighted by Crippen LogP contribution is 2.36. The standard InChI is InChI=1S/C23H29FN4O2S/c1-7-14(2)21(25)31-13-15(3)23(4,5)17-10-16(8-9-18(17)24)28-22(29)19-11-27-20(30-6)12-26-19/h8-13H,7,25H2,1-6H3,(H,28,29)/b15-13-,21-14?. The summed E-state index contributed by atoms with van der Waals surface area (Å²) in [5.41, 5.74) is 8.62. The summed E-state index contributed by atoms with van der Waals surface area (Å²) in [6.07, 6.45) is 3.56. The van der Waals surface area contributed by atoms with Gasteiger partial charge in [0, 0.05) is 11.1 Å². The Morgan fingerprint density at radius 3 is 2.58 bits per heavy atom. The summed E-state index contributed by atoms with van der Waals surface area (Å²) in [5.74, 6) is -0.480. The van der Waals surface area contributed by atoms with Gasteiger partial charge < -0.3 is 15.8 Å². The number of anilines is 1. The largest absolute Gasteiger partial charge is 0.480 e. The Morgan fingerprint density at radius 2 is 2.00 bits per heavy atom. The number of thioether (sulfide) groups is 1. The number of methoxy groups -OCH3 is 1. The number of nitrogens with zero attached hydrogens (tertiary/aromatic N) is 2. The second-order valence-corrected chi connectivity index (χ2v) is 8.55. The SMILES string of the molecule is CCC(C)=C(N)S/C=C(/C)C(C)(C)c1cc(NC(=O)c2cnc(OC)cn2)ccc1F. The normalized spacial score (nSPS) is 12.9. The van der Waals surface area contributed by atoms with Crippen LogP contribution in [0.15, 0.2) is 52.2 Å². The predicted octanol–water partition coefficient (Wildman–Crippen LogP) is 5.39. The smallest absolute Gasteiger partial charge is 0.275 e. The third-order valence-corrected chi connectivity index (χ3v) is 6.34. The van der Waals surface area contributed by atoms with Crippen molar-refractivity contribution in [1.29, 1.82) is 0 Å². The van der Waals surface area contributed by atoms with Gasteiger partial charge in [-0.15, -0.1) is 0 Å². The molecule has 2 rings (SSSR count). The lowest BCUT2D eigenvalue weighted by molar-refractivity contribution is 0.102. The molecule has 0 radical (unpaired) electrons. The Bertz CT molecular complexity index is 1000. The van der Waals surface area contributed by atoms with Crippen LogP contribution in [0.5, 0.6) is 5.88 Å². The molecule has 31 heavy (non-hydrogen) atoms. The molecule has 0 saturated heterocycles. The van der Waals surface area contributed by atoms with E-state index in [1.54, 1.807) is 6.07 Å². The summed E-state index contributed by atoms with van der Waals surface area (Å²) < 4.78 is 19.7. The van der Waals surface area contributed by atoms with E-state index in [2.05, 4.69) is 22.2 Å². The van der Waals surface area contributed by atoms with E-state index in [1.807, 2.05) is 33.1 Å². The molecule has 6 nitrogen and oxygen atoms in total. The summed E-state index contributed by atoms with van der Waals surface area (Å²) >= 11 is 1.44. The van der Waals surface area contributed by atoms with E-state index >= 15 is 0 Å². The molecule has 166 valence electrons. The van der Waals surface area contributed by atoms with Gasteiger partial charge in [0.2, 0.25) is 5.88 Å². The van der Waals surface area contributed by atoms with E-state index in [1.165, 1.54) is 43.4 Å². The summed E-state index contributed by atoms with van der Waals surface area (Å²) in [4.78, 5) is 20.5. The van der Waals surface area contributed by atoms with Crippen LogP contribution in [0.1, 0.15) is 57.1 Å². The van der Waals surface area contributed by atoms with Crippen molar-refractivity contribution in [3.63, 3.8) is 0 Å². The monoisotopic (exact) mass is 444 g/mol. The molecular formula is C23H29FN4O2S. The van der Waals surface area contributed by atoms with Gasteiger partial charge in [-0.3, -0.25) is 4.79 Å². The van der Waals surface area contributed by atoms with E-state index < -0.39 is 11.3 Å². The molecule has 1 amide bonds. The number of nitrogens with one attached hydrogen (secondary N) is 1. The van der Waals surface area contributed by atoms with E-state index in [4.69, 9.17) is 10.5 Å². The molecule has 1 heterocycles. The Morgan fingerprint density at radius 1 is 1.29 bits per heavy atom. The molecule has 0 aliphatic heterocycles. The lowest BCUT2D eigenvalue weighted by Crippen LogP contribution is -2.21. The Hall–Kier alpha value is -2.87. The van der Waals surface area contributed by atoms with Crippen LogP contribution in [0.3, 0.4) is 0 Å². The van der Waals surface area contributed by atoms with Gasteiger partial charge in [0.25, 0.3) is 5.91 Å². The van der Waals surface area contributed by atoms with Crippen molar-refractivity contribution in [2.45, 2.75) is 46.5 Å². The summed E-state index contributed by atoms with van der Waals surface area (Å²) in [5, 5.41) is 5.45. The molecule has 0 aliphatic rings. The highest BCUT2D eigenvalue weighted by molar-refractivity contribution is 8.05. The third-order valence-electron chi connectivity index (χ3n) is 5.27. The van der Waals surface area contributed by atoms with Gasteiger partial charge in [-0.25, -0.2) is 14.4 Å². The Labute approximate surface area is 187 Å². The van der Waals surface area contributed by atoms with Gasteiger partial charge in [0.1, 0.15) is 11.5 Å². The lowest BCUT2D eigenvalue weighted by atomic mass is 9.78. The zero-order valence-corrected chi connectivity index (χ0v) is 19.6. The minimum absolute atomic E-state index is 0.131. The van der Waals surface area contributed by atoms with Crippen molar-refractivity contribution < 1.29 is 13.9 Å². The van der Waals surface area contributed by atoms with Gasteiger partial charge in [0.05, 0.1) is 24.5 Å². The third kappa shape index (κ3) is 6.07.